The summed E-state index contributed by atoms with van der Waals surface area (Å²) in [6, 6.07) is 8.22. The molecule has 0 fully saturated rings. The summed E-state index contributed by atoms with van der Waals surface area (Å²) < 4.78 is 6.05. The molecule has 0 aliphatic heterocycles. The van der Waals surface area contributed by atoms with Crippen LogP contribution in [0.3, 0.4) is 0 Å². The number of anilines is 2. The molecule has 0 unspecified atom stereocenters. The quantitative estimate of drug-likeness (QED) is 0.872. The van der Waals surface area contributed by atoms with E-state index in [9.17, 15) is 0 Å². The highest BCUT2D eigenvalue weighted by Gasteiger charge is 2.10. The number of hydrogen-bond acceptors (Lipinski definition) is 5. The van der Waals surface area contributed by atoms with Gasteiger partial charge in [-0.2, -0.15) is 15.0 Å². The van der Waals surface area contributed by atoms with Gasteiger partial charge in [0.25, 0.3) is 0 Å². The molecule has 0 N–H and O–H groups in total. The lowest BCUT2D eigenvalue weighted by Gasteiger charge is -2.17. The molecule has 1 aromatic carbocycles. The van der Waals surface area contributed by atoms with Crippen LogP contribution in [0.5, 0.6) is 6.01 Å². The van der Waals surface area contributed by atoms with Crippen molar-refractivity contribution in [2.45, 2.75) is 6.92 Å². The Morgan fingerprint density at radius 1 is 1.22 bits per heavy atom. The molecule has 0 atom stereocenters. The number of rotatable bonds is 3. The Kier molecular flexibility index (Phi) is 3.76. The van der Waals surface area contributed by atoms with Crippen LogP contribution in [0.4, 0.5) is 11.6 Å². The topological polar surface area (TPSA) is 51.1 Å². The molecule has 0 saturated carbocycles. The molecule has 18 heavy (non-hydrogen) atoms. The van der Waals surface area contributed by atoms with Gasteiger partial charge in [-0.15, -0.1) is 0 Å². The van der Waals surface area contributed by atoms with Gasteiger partial charge in [0.15, 0.2) is 0 Å². The zero-order valence-electron chi connectivity index (χ0n) is 10.4. The Balaban J connectivity index is 2.39. The van der Waals surface area contributed by atoms with Crippen LogP contribution in [0.2, 0.25) is 0 Å². The van der Waals surface area contributed by atoms with E-state index in [4.69, 9.17) is 4.74 Å². The van der Waals surface area contributed by atoms with E-state index < -0.39 is 0 Å². The number of benzene rings is 1. The number of halogens is 1. The van der Waals surface area contributed by atoms with Crippen molar-refractivity contribution in [2.75, 3.05) is 19.1 Å². The average molecular weight is 309 g/mol. The molecule has 1 aromatic heterocycles. The monoisotopic (exact) mass is 308 g/mol. The molecule has 0 aliphatic rings. The first-order valence-electron chi connectivity index (χ1n) is 5.36. The van der Waals surface area contributed by atoms with Crippen molar-refractivity contribution in [2.24, 2.45) is 0 Å². The van der Waals surface area contributed by atoms with Gasteiger partial charge in [-0.3, -0.25) is 0 Å². The van der Waals surface area contributed by atoms with Gasteiger partial charge in [-0.25, -0.2) is 0 Å². The summed E-state index contributed by atoms with van der Waals surface area (Å²) in [5.74, 6) is 1.18. The van der Waals surface area contributed by atoms with Crippen molar-refractivity contribution in [1.29, 1.82) is 0 Å². The van der Waals surface area contributed by atoms with Gasteiger partial charge >= 0.3 is 6.01 Å². The highest BCUT2D eigenvalue weighted by Crippen LogP contribution is 2.24. The molecule has 0 aliphatic carbocycles. The fourth-order valence-electron chi connectivity index (χ4n) is 1.49. The van der Waals surface area contributed by atoms with Gasteiger partial charge in [0.1, 0.15) is 5.82 Å². The normalized spacial score (nSPS) is 10.2. The molecule has 2 rings (SSSR count). The summed E-state index contributed by atoms with van der Waals surface area (Å²) in [7, 11) is 3.44. The van der Waals surface area contributed by atoms with Crippen LogP contribution < -0.4 is 9.64 Å². The summed E-state index contributed by atoms with van der Waals surface area (Å²) in [5, 5.41) is 0. The van der Waals surface area contributed by atoms with E-state index in [-0.39, 0.29) is 0 Å². The van der Waals surface area contributed by atoms with E-state index in [0.29, 0.717) is 17.8 Å². The average Bonchev–Trinajstić information content (AvgIpc) is 2.37. The maximum Gasteiger partial charge on any atom is 0.321 e. The van der Waals surface area contributed by atoms with Crippen molar-refractivity contribution in [3.63, 3.8) is 0 Å². The van der Waals surface area contributed by atoms with Crippen LogP contribution in [-0.2, 0) is 0 Å². The number of aromatic nitrogens is 3. The molecule has 0 bridgehead atoms. The lowest BCUT2D eigenvalue weighted by atomic mass is 10.3. The standard InChI is InChI=1S/C12H13BrN4O/c1-8-14-11(16-12(15-8)18-3)17(2)10-6-4-5-9(13)7-10/h4-7H,1-3H3. The highest BCUT2D eigenvalue weighted by molar-refractivity contribution is 9.10. The fraction of sp³-hybridized carbons (Fsp3) is 0.250. The number of ether oxygens (including phenoxy) is 1. The molecule has 6 heteroatoms. The Morgan fingerprint density at radius 2 is 2.00 bits per heavy atom. The van der Waals surface area contributed by atoms with Crippen LogP contribution in [-0.4, -0.2) is 29.1 Å². The number of nitrogens with zero attached hydrogens (tertiary/aromatic N) is 4. The second-order valence-electron chi connectivity index (χ2n) is 3.71. The van der Waals surface area contributed by atoms with E-state index >= 15 is 0 Å². The molecule has 2 aromatic rings. The van der Waals surface area contributed by atoms with Crippen LogP contribution in [0, 0.1) is 6.92 Å². The molecule has 0 saturated heterocycles. The summed E-state index contributed by atoms with van der Waals surface area (Å²) in [6.07, 6.45) is 0. The molecule has 0 amide bonds. The third-order valence-electron chi connectivity index (χ3n) is 2.39. The molecule has 5 nitrogen and oxygen atoms in total. The molecule has 0 spiro atoms. The maximum absolute atomic E-state index is 5.05. The van der Waals surface area contributed by atoms with Gasteiger partial charge in [-0.1, -0.05) is 22.0 Å². The number of hydrogen-bond donors (Lipinski definition) is 0. The third-order valence-corrected chi connectivity index (χ3v) is 2.89. The van der Waals surface area contributed by atoms with Gasteiger partial charge in [0.05, 0.1) is 7.11 Å². The number of aryl methyl sites for hydroxylation is 1. The molecular weight excluding hydrogens is 296 g/mol. The fourth-order valence-corrected chi connectivity index (χ4v) is 1.87. The molecule has 94 valence electrons. The van der Waals surface area contributed by atoms with E-state index in [1.54, 1.807) is 0 Å². The minimum atomic E-state index is 0.319. The van der Waals surface area contributed by atoms with Crippen LogP contribution >= 0.6 is 15.9 Å². The molecule has 1 heterocycles. The lowest BCUT2D eigenvalue weighted by Crippen LogP contribution is -2.14. The van der Waals surface area contributed by atoms with E-state index in [1.165, 1.54) is 7.11 Å². The van der Waals surface area contributed by atoms with Gasteiger partial charge < -0.3 is 9.64 Å². The Hall–Kier alpha value is -1.69. The Labute approximate surface area is 114 Å². The minimum Gasteiger partial charge on any atom is -0.467 e. The largest absolute Gasteiger partial charge is 0.467 e. The summed E-state index contributed by atoms with van der Waals surface area (Å²) in [5.41, 5.74) is 0.983. The van der Waals surface area contributed by atoms with Crippen molar-refractivity contribution in [3.8, 4) is 6.01 Å². The van der Waals surface area contributed by atoms with Crippen LogP contribution in [0.25, 0.3) is 0 Å². The summed E-state index contributed by atoms with van der Waals surface area (Å²) in [4.78, 5) is 14.5. The van der Waals surface area contributed by atoms with Crippen LogP contribution in [0.1, 0.15) is 5.82 Å². The summed E-state index contributed by atoms with van der Waals surface area (Å²) >= 11 is 3.44. The van der Waals surface area contributed by atoms with E-state index in [0.717, 1.165) is 10.2 Å². The predicted molar refractivity (Wildman–Crippen MR) is 73.3 cm³/mol. The third kappa shape index (κ3) is 2.76. The molecule has 0 radical (unpaired) electrons. The SMILES string of the molecule is COc1nc(C)nc(N(C)c2cccc(Br)c2)n1. The van der Waals surface area contributed by atoms with Crippen molar-refractivity contribution in [1.82, 2.24) is 15.0 Å². The van der Waals surface area contributed by atoms with Gasteiger partial charge in [-0.05, 0) is 25.1 Å². The second-order valence-corrected chi connectivity index (χ2v) is 4.62. The van der Waals surface area contributed by atoms with Gasteiger partial charge in [0, 0.05) is 17.2 Å². The predicted octanol–water partition coefficient (Wildman–Crippen LogP) is 2.72. The zero-order chi connectivity index (χ0) is 13.1. The first kappa shape index (κ1) is 12.8. The van der Waals surface area contributed by atoms with E-state index in [1.807, 2.05) is 43.1 Å². The highest BCUT2D eigenvalue weighted by atomic mass is 79.9. The van der Waals surface area contributed by atoms with Crippen molar-refractivity contribution < 1.29 is 4.74 Å². The zero-order valence-corrected chi connectivity index (χ0v) is 12.0. The number of methoxy groups -OCH3 is 1. The van der Waals surface area contributed by atoms with Crippen molar-refractivity contribution >= 4 is 27.6 Å². The maximum atomic E-state index is 5.05. The van der Waals surface area contributed by atoms with Crippen LogP contribution in [0.15, 0.2) is 28.7 Å². The Bertz CT molecular complexity index is 562. The smallest absolute Gasteiger partial charge is 0.321 e. The van der Waals surface area contributed by atoms with E-state index in [2.05, 4.69) is 30.9 Å². The van der Waals surface area contributed by atoms with Gasteiger partial charge in [0.2, 0.25) is 5.95 Å². The van der Waals surface area contributed by atoms with Crippen molar-refractivity contribution in [3.05, 3.63) is 34.6 Å². The molecular formula is C12H13BrN4O. The first-order valence-corrected chi connectivity index (χ1v) is 6.15. The lowest BCUT2D eigenvalue weighted by molar-refractivity contribution is 0.377. The first-order chi connectivity index (χ1) is 8.60. The summed E-state index contributed by atoms with van der Waals surface area (Å²) in [6.45, 7) is 1.81. The second kappa shape index (κ2) is 5.30. The minimum absolute atomic E-state index is 0.319. The Morgan fingerprint density at radius 3 is 2.67 bits per heavy atom.